The van der Waals surface area contributed by atoms with Crippen molar-refractivity contribution in [3.63, 3.8) is 0 Å². The fourth-order valence-electron chi connectivity index (χ4n) is 2.36. The van der Waals surface area contributed by atoms with Crippen LogP contribution in [0, 0.1) is 10.8 Å². The quantitative estimate of drug-likeness (QED) is 0.547. The van der Waals surface area contributed by atoms with Crippen LogP contribution < -0.4 is 0 Å². The fraction of sp³-hybridized carbons (Fsp3) is 1.00. The third-order valence-electron chi connectivity index (χ3n) is 3.32. The summed E-state index contributed by atoms with van der Waals surface area (Å²) in [7, 11) is 0. The number of hydrogen-bond donors (Lipinski definition) is 0. The lowest BCUT2D eigenvalue weighted by molar-refractivity contribution is 0.0205. The number of rotatable bonds is 1. The molecule has 1 saturated carbocycles. The van der Waals surface area contributed by atoms with Gasteiger partial charge in [0.25, 0.3) is 0 Å². The monoisotopic (exact) mass is 158 g/mol. The van der Waals surface area contributed by atoms with Crippen molar-refractivity contribution in [1.82, 2.24) is 0 Å². The summed E-state index contributed by atoms with van der Waals surface area (Å²) in [4.78, 5) is 0. The first-order valence-electron chi connectivity index (χ1n) is 4.40. The van der Waals surface area contributed by atoms with Gasteiger partial charge in [-0.2, -0.15) is 0 Å². The lowest BCUT2D eigenvalue weighted by Gasteiger charge is -2.38. The number of halogens is 1. The second-order valence-electron chi connectivity index (χ2n) is 5.30. The topological polar surface area (TPSA) is 0 Å². The molecule has 0 amide bonds. The molecule has 0 radical (unpaired) electrons. The van der Waals surface area contributed by atoms with Crippen LogP contribution in [0.2, 0.25) is 0 Å². The second-order valence-corrected chi connectivity index (χ2v) is 5.30. The van der Waals surface area contributed by atoms with Gasteiger partial charge in [0.1, 0.15) is 5.67 Å². The Hall–Kier alpha value is -0.0700. The van der Waals surface area contributed by atoms with Crippen LogP contribution in [-0.4, -0.2) is 5.67 Å². The van der Waals surface area contributed by atoms with Crippen LogP contribution >= 0.6 is 0 Å². The lowest BCUT2D eigenvalue weighted by atomic mass is 9.69. The van der Waals surface area contributed by atoms with E-state index in [0.29, 0.717) is 0 Å². The van der Waals surface area contributed by atoms with E-state index in [4.69, 9.17) is 0 Å². The van der Waals surface area contributed by atoms with Gasteiger partial charge >= 0.3 is 0 Å². The van der Waals surface area contributed by atoms with Crippen molar-refractivity contribution in [2.45, 2.75) is 53.1 Å². The Kier molecular flexibility index (Phi) is 1.64. The Bertz CT molecular complexity index is 137. The van der Waals surface area contributed by atoms with Crippen LogP contribution in [0.25, 0.3) is 0 Å². The molecule has 0 bridgehead atoms. The van der Waals surface area contributed by atoms with Crippen LogP contribution in [0.5, 0.6) is 0 Å². The highest BCUT2D eigenvalue weighted by Crippen LogP contribution is 2.65. The molecule has 0 heterocycles. The van der Waals surface area contributed by atoms with Crippen molar-refractivity contribution < 1.29 is 4.39 Å². The summed E-state index contributed by atoms with van der Waals surface area (Å²) in [6, 6.07) is 0. The maximum atomic E-state index is 13.7. The van der Waals surface area contributed by atoms with Crippen LogP contribution in [-0.2, 0) is 0 Å². The van der Waals surface area contributed by atoms with Crippen LogP contribution in [0.4, 0.5) is 4.39 Å². The van der Waals surface area contributed by atoms with Crippen molar-refractivity contribution in [2.75, 3.05) is 0 Å². The predicted molar refractivity (Wildman–Crippen MR) is 46.3 cm³/mol. The minimum Gasteiger partial charge on any atom is -0.244 e. The molecule has 1 aliphatic carbocycles. The Morgan fingerprint density at radius 1 is 1.00 bits per heavy atom. The summed E-state index contributed by atoms with van der Waals surface area (Å²) in [5.74, 6) is 0. The number of alkyl halides is 1. The van der Waals surface area contributed by atoms with E-state index in [1.165, 1.54) is 0 Å². The summed E-state index contributed by atoms with van der Waals surface area (Å²) in [6.07, 6.45) is 2.11. The first-order chi connectivity index (χ1) is 4.71. The largest absolute Gasteiger partial charge is 0.244 e. The highest BCUT2D eigenvalue weighted by atomic mass is 19.1. The average molecular weight is 158 g/mol. The summed E-state index contributed by atoms with van der Waals surface area (Å²) < 4.78 is 13.7. The normalized spacial score (nSPS) is 23.5. The molecule has 0 N–H and O–H groups in total. The highest BCUT2D eigenvalue weighted by Gasteiger charge is 2.61. The third-order valence-corrected chi connectivity index (χ3v) is 3.32. The van der Waals surface area contributed by atoms with Crippen molar-refractivity contribution in [3.8, 4) is 0 Å². The van der Waals surface area contributed by atoms with Gasteiger partial charge in [-0.1, -0.05) is 20.8 Å². The van der Waals surface area contributed by atoms with E-state index in [1.807, 2.05) is 0 Å². The standard InChI is InChI=1S/C10H19F/c1-8(2,3)10(6-7-10)9(4,5)11/h6-7H2,1-5H3. The minimum atomic E-state index is -1.01. The van der Waals surface area contributed by atoms with Gasteiger partial charge in [-0.3, -0.25) is 0 Å². The van der Waals surface area contributed by atoms with E-state index in [2.05, 4.69) is 20.8 Å². The van der Waals surface area contributed by atoms with Crippen LogP contribution in [0.3, 0.4) is 0 Å². The smallest absolute Gasteiger partial charge is 0.111 e. The summed E-state index contributed by atoms with van der Waals surface area (Å²) in [5, 5.41) is 0. The van der Waals surface area contributed by atoms with Crippen molar-refractivity contribution in [3.05, 3.63) is 0 Å². The lowest BCUT2D eigenvalue weighted by Crippen LogP contribution is -2.38. The zero-order valence-corrected chi connectivity index (χ0v) is 8.29. The zero-order valence-electron chi connectivity index (χ0n) is 8.29. The molecule has 0 aliphatic heterocycles. The molecule has 1 aliphatic rings. The molecule has 0 spiro atoms. The SMILES string of the molecule is CC(C)(C)C1(C(C)(C)F)CC1. The van der Waals surface area contributed by atoms with E-state index in [1.54, 1.807) is 13.8 Å². The first-order valence-corrected chi connectivity index (χ1v) is 4.40. The van der Waals surface area contributed by atoms with Crippen molar-refractivity contribution in [2.24, 2.45) is 10.8 Å². The van der Waals surface area contributed by atoms with E-state index in [0.717, 1.165) is 12.8 Å². The molecule has 1 heteroatoms. The van der Waals surface area contributed by atoms with E-state index in [-0.39, 0.29) is 10.8 Å². The molecule has 0 atom stereocenters. The van der Waals surface area contributed by atoms with E-state index in [9.17, 15) is 4.39 Å². The molecule has 0 aromatic rings. The minimum absolute atomic E-state index is 0.0417. The molecular formula is C10H19F. The third kappa shape index (κ3) is 1.19. The average Bonchev–Trinajstić information content (AvgIpc) is 2.31. The van der Waals surface area contributed by atoms with Crippen LogP contribution in [0.1, 0.15) is 47.5 Å². The fourth-order valence-corrected chi connectivity index (χ4v) is 2.36. The molecular weight excluding hydrogens is 139 g/mol. The molecule has 0 nitrogen and oxygen atoms in total. The summed E-state index contributed by atoms with van der Waals surface area (Å²) >= 11 is 0. The Morgan fingerprint density at radius 2 is 1.36 bits per heavy atom. The van der Waals surface area contributed by atoms with Gasteiger partial charge in [-0.25, -0.2) is 4.39 Å². The maximum Gasteiger partial charge on any atom is 0.111 e. The molecule has 0 saturated heterocycles. The van der Waals surface area contributed by atoms with E-state index < -0.39 is 5.67 Å². The van der Waals surface area contributed by atoms with Gasteiger partial charge < -0.3 is 0 Å². The Morgan fingerprint density at radius 3 is 1.36 bits per heavy atom. The van der Waals surface area contributed by atoms with Gasteiger partial charge in [-0.05, 0) is 32.1 Å². The molecule has 0 unspecified atom stereocenters. The van der Waals surface area contributed by atoms with E-state index >= 15 is 0 Å². The maximum absolute atomic E-state index is 13.7. The highest BCUT2D eigenvalue weighted by molar-refractivity contribution is 5.10. The Balaban J connectivity index is 2.85. The van der Waals surface area contributed by atoms with Gasteiger partial charge in [0.15, 0.2) is 0 Å². The van der Waals surface area contributed by atoms with Crippen molar-refractivity contribution >= 4 is 0 Å². The molecule has 1 fully saturated rings. The predicted octanol–water partition coefficient (Wildman–Crippen LogP) is 3.56. The van der Waals surface area contributed by atoms with Gasteiger partial charge in [-0.15, -0.1) is 0 Å². The molecule has 0 aromatic heterocycles. The zero-order chi connectivity index (χ0) is 8.91. The van der Waals surface area contributed by atoms with Gasteiger partial charge in [0.05, 0.1) is 0 Å². The van der Waals surface area contributed by atoms with Gasteiger partial charge in [0, 0.05) is 5.41 Å². The summed E-state index contributed by atoms with van der Waals surface area (Å²) in [6.45, 7) is 9.85. The molecule has 0 aromatic carbocycles. The Labute approximate surface area is 69.2 Å². The first kappa shape index (κ1) is 9.02. The second kappa shape index (κ2) is 1.99. The molecule has 1 rings (SSSR count). The van der Waals surface area contributed by atoms with Crippen molar-refractivity contribution in [1.29, 1.82) is 0 Å². The molecule has 11 heavy (non-hydrogen) atoms. The van der Waals surface area contributed by atoms with Crippen LogP contribution in [0.15, 0.2) is 0 Å². The van der Waals surface area contributed by atoms with Gasteiger partial charge in [0.2, 0.25) is 0 Å². The summed E-state index contributed by atoms with van der Waals surface area (Å²) in [5.41, 5.74) is -0.934. The molecule has 66 valence electrons. The number of hydrogen-bond acceptors (Lipinski definition) is 0.